The molecule has 1 saturated carbocycles. The Kier molecular flexibility index (Phi) is 5.18. The predicted octanol–water partition coefficient (Wildman–Crippen LogP) is 2.17. The van der Waals surface area contributed by atoms with Crippen molar-refractivity contribution in [3.63, 3.8) is 0 Å². The fourth-order valence-electron chi connectivity index (χ4n) is 2.76. The molecule has 0 heterocycles. The maximum absolute atomic E-state index is 12.6. The first-order chi connectivity index (χ1) is 9.55. The van der Waals surface area contributed by atoms with Crippen molar-refractivity contribution in [2.45, 2.75) is 49.5 Å². The lowest BCUT2D eigenvalue weighted by Gasteiger charge is -2.30. The average molecular weight is 297 g/mol. The van der Waals surface area contributed by atoms with Crippen LogP contribution in [0.15, 0.2) is 29.2 Å². The van der Waals surface area contributed by atoms with Crippen molar-refractivity contribution in [1.29, 1.82) is 0 Å². The van der Waals surface area contributed by atoms with Crippen LogP contribution in [-0.2, 0) is 16.4 Å². The molecule has 0 radical (unpaired) electrons. The highest BCUT2D eigenvalue weighted by atomic mass is 32.2. The molecule has 20 heavy (non-hydrogen) atoms. The summed E-state index contributed by atoms with van der Waals surface area (Å²) in [5.41, 5.74) is 0.951. The van der Waals surface area contributed by atoms with Gasteiger partial charge in [-0.25, -0.2) is 8.42 Å². The van der Waals surface area contributed by atoms with Crippen LogP contribution >= 0.6 is 0 Å². The molecule has 0 spiro atoms. The van der Waals surface area contributed by atoms with Crippen molar-refractivity contribution in [1.82, 2.24) is 4.31 Å². The molecule has 0 atom stereocenters. The molecule has 1 aromatic carbocycles. The molecule has 1 N–H and O–H groups in total. The number of rotatable bonds is 5. The number of aliphatic hydroxyl groups is 1. The van der Waals surface area contributed by atoms with Gasteiger partial charge in [0.25, 0.3) is 0 Å². The first-order valence-electron chi connectivity index (χ1n) is 7.23. The molecule has 2 rings (SSSR count). The van der Waals surface area contributed by atoms with Crippen LogP contribution in [0.25, 0.3) is 0 Å². The van der Waals surface area contributed by atoms with E-state index < -0.39 is 10.0 Å². The van der Waals surface area contributed by atoms with E-state index in [1.165, 1.54) is 10.7 Å². The summed E-state index contributed by atoms with van der Waals surface area (Å²) in [5.74, 6) is 0. The fraction of sp³-hybridized carbons (Fsp3) is 0.600. The van der Waals surface area contributed by atoms with Crippen molar-refractivity contribution >= 4 is 10.0 Å². The molecule has 5 heteroatoms. The van der Waals surface area contributed by atoms with E-state index in [0.29, 0.717) is 11.3 Å². The van der Waals surface area contributed by atoms with Crippen LogP contribution in [0.1, 0.15) is 37.7 Å². The lowest BCUT2D eigenvalue weighted by molar-refractivity contribution is 0.286. The summed E-state index contributed by atoms with van der Waals surface area (Å²) in [6.07, 6.45) is 5.90. The number of hydrogen-bond acceptors (Lipinski definition) is 3. The van der Waals surface area contributed by atoms with Crippen LogP contribution in [0, 0.1) is 0 Å². The lowest BCUT2D eigenvalue weighted by Crippen LogP contribution is -2.38. The van der Waals surface area contributed by atoms with E-state index >= 15 is 0 Å². The smallest absolute Gasteiger partial charge is 0.243 e. The molecule has 0 aromatic heterocycles. The number of benzene rings is 1. The Morgan fingerprint density at radius 3 is 2.30 bits per heavy atom. The van der Waals surface area contributed by atoms with Crippen LogP contribution in [0.4, 0.5) is 0 Å². The summed E-state index contributed by atoms with van der Waals surface area (Å²) in [6, 6.07) is 6.96. The predicted molar refractivity (Wildman–Crippen MR) is 79.1 cm³/mol. The topological polar surface area (TPSA) is 57.6 Å². The quantitative estimate of drug-likeness (QED) is 0.906. The number of nitrogens with zero attached hydrogens (tertiary/aromatic N) is 1. The van der Waals surface area contributed by atoms with Gasteiger partial charge in [-0.05, 0) is 37.0 Å². The average Bonchev–Trinajstić information content (AvgIpc) is 2.48. The molecule has 4 nitrogen and oxygen atoms in total. The summed E-state index contributed by atoms with van der Waals surface area (Å²) < 4.78 is 26.7. The maximum Gasteiger partial charge on any atom is 0.243 e. The molecule has 0 amide bonds. The molecule has 0 saturated heterocycles. The van der Waals surface area contributed by atoms with Crippen LogP contribution in [0.3, 0.4) is 0 Å². The van der Waals surface area contributed by atoms with Gasteiger partial charge in [-0.2, -0.15) is 4.31 Å². The first-order valence-corrected chi connectivity index (χ1v) is 8.67. The second-order valence-electron chi connectivity index (χ2n) is 5.43. The summed E-state index contributed by atoms with van der Waals surface area (Å²) in [5, 5.41) is 8.88. The number of aliphatic hydroxyl groups excluding tert-OH is 1. The van der Waals surface area contributed by atoms with Gasteiger partial charge in [0.15, 0.2) is 0 Å². The Bertz CT molecular complexity index is 519. The van der Waals surface area contributed by atoms with Gasteiger partial charge in [0.05, 0.1) is 4.90 Å². The van der Waals surface area contributed by atoms with Crippen molar-refractivity contribution in [3.05, 3.63) is 29.8 Å². The second-order valence-corrected chi connectivity index (χ2v) is 7.43. The van der Waals surface area contributed by atoms with Crippen LogP contribution in [0.5, 0.6) is 0 Å². The van der Waals surface area contributed by atoms with Gasteiger partial charge in [-0.15, -0.1) is 0 Å². The van der Waals surface area contributed by atoms with Crippen molar-refractivity contribution < 1.29 is 13.5 Å². The monoisotopic (exact) mass is 297 g/mol. The summed E-state index contributed by atoms with van der Waals surface area (Å²) >= 11 is 0. The highest BCUT2D eigenvalue weighted by molar-refractivity contribution is 7.89. The molecule has 1 fully saturated rings. The van der Waals surface area contributed by atoms with Gasteiger partial charge >= 0.3 is 0 Å². The molecule has 0 bridgehead atoms. The summed E-state index contributed by atoms with van der Waals surface area (Å²) in [4.78, 5) is 0.340. The third-order valence-electron chi connectivity index (χ3n) is 4.09. The minimum absolute atomic E-state index is 0.0775. The molecule has 1 aliphatic rings. The Labute approximate surface area is 121 Å². The molecular formula is C15H23NO3S. The molecule has 1 aliphatic carbocycles. The second kappa shape index (κ2) is 6.70. The Hall–Kier alpha value is -0.910. The van der Waals surface area contributed by atoms with E-state index in [2.05, 4.69) is 0 Å². The van der Waals surface area contributed by atoms with Gasteiger partial charge in [0, 0.05) is 19.7 Å². The Morgan fingerprint density at radius 1 is 1.15 bits per heavy atom. The Morgan fingerprint density at radius 2 is 1.75 bits per heavy atom. The van der Waals surface area contributed by atoms with E-state index in [1.807, 2.05) is 0 Å². The molecule has 112 valence electrons. The normalized spacial score (nSPS) is 17.6. The van der Waals surface area contributed by atoms with Gasteiger partial charge < -0.3 is 5.11 Å². The third-order valence-corrected chi connectivity index (χ3v) is 6.01. The molecule has 0 unspecified atom stereocenters. The molecular weight excluding hydrogens is 274 g/mol. The minimum atomic E-state index is -3.40. The van der Waals surface area contributed by atoms with E-state index in [9.17, 15) is 8.42 Å². The van der Waals surface area contributed by atoms with Crippen molar-refractivity contribution in [3.8, 4) is 0 Å². The Balaban J connectivity index is 2.15. The number of sulfonamides is 1. The largest absolute Gasteiger partial charge is 0.396 e. The maximum atomic E-state index is 12.6. The van der Waals surface area contributed by atoms with Crippen molar-refractivity contribution in [2.75, 3.05) is 13.7 Å². The molecule has 0 aliphatic heterocycles. The lowest BCUT2D eigenvalue weighted by atomic mass is 9.96. The zero-order valence-electron chi connectivity index (χ0n) is 12.0. The standard InChI is InChI=1S/C15H23NO3S/c1-16(14-5-3-2-4-6-14)20(18,19)15-9-7-13(8-10-15)11-12-17/h7-10,14,17H,2-6,11-12H2,1H3. The summed E-state index contributed by atoms with van der Waals surface area (Å²) in [6.45, 7) is 0.0775. The fourth-order valence-corrected chi connectivity index (χ4v) is 4.18. The SMILES string of the molecule is CN(C1CCCCC1)S(=O)(=O)c1ccc(CCO)cc1. The zero-order chi connectivity index (χ0) is 14.6. The van der Waals surface area contributed by atoms with Gasteiger partial charge in [-0.3, -0.25) is 0 Å². The van der Waals surface area contributed by atoms with E-state index in [-0.39, 0.29) is 12.6 Å². The van der Waals surface area contributed by atoms with Gasteiger partial charge in [0.1, 0.15) is 0 Å². The summed E-state index contributed by atoms with van der Waals surface area (Å²) in [7, 11) is -1.71. The van der Waals surface area contributed by atoms with Gasteiger partial charge in [0.2, 0.25) is 10.0 Å². The highest BCUT2D eigenvalue weighted by Crippen LogP contribution is 2.26. The first kappa shape index (κ1) is 15.5. The highest BCUT2D eigenvalue weighted by Gasteiger charge is 2.28. The van der Waals surface area contributed by atoms with Gasteiger partial charge in [-0.1, -0.05) is 31.4 Å². The third kappa shape index (κ3) is 3.40. The van der Waals surface area contributed by atoms with Crippen LogP contribution in [-0.4, -0.2) is 37.5 Å². The van der Waals surface area contributed by atoms with E-state index in [4.69, 9.17) is 5.11 Å². The zero-order valence-corrected chi connectivity index (χ0v) is 12.8. The van der Waals surface area contributed by atoms with E-state index in [0.717, 1.165) is 31.2 Å². The van der Waals surface area contributed by atoms with Crippen LogP contribution in [0.2, 0.25) is 0 Å². The number of hydrogen-bond donors (Lipinski definition) is 1. The van der Waals surface area contributed by atoms with E-state index in [1.54, 1.807) is 31.3 Å². The molecule has 1 aromatic rings. The van der Waals surface area contributed by atoms with Crippen molar-refractivity contribution in [2.24, 2.45) is 0 Å². The van der Waals surface area contributed by atoms with Crippen LogP contribution < -0.4 is 0 Å². The minimum Gasteiger partial charge on any atom is -0.396 e.